The van der Waals surface area contributed by atoms with E-state index in [1.165, 1.54) is 0 Å². The molecule has 3 aromatic carbocycles. The lowest BCUT2D eigenvalue weighted by atomic mass is 10.2. The Balaban J connectivity index is 1.36. The maximum atomic E-state index is 12.5. The molecule has 0 atom stereocenters. The van der Waals surface area contributed by atoms with Gasteiger partial charge in [-0.15, -0.1) is 11.3 Å². The smallest absolute Gasteiger partial charge is 0.293 e. The monoisotopic (exact) mass is 429 g/mol. The van der Waals surface area contributed by atoms with Gasteiger partial charge in [0.1, 0.15) is 10.6 Å². The molecule has 0 spiro atoms. The van der Waals surface area contributed by atoms with Gasteiger partial charge in [0.05, 0.1) is 15.9 Å². The molecule has 30 heavy (non-hydrogen) atoms. The number of nitrogens with one attached hydrogen (secondary N) is 2. The molecule has 146 valence electrons. The maximum Gasteiger partial charge on any atom is 0.293 e. The number of thiocarbonyl (C=S) groups is 1. The van der Waals surface area contributed by atoms with E-state index in [4.69, 9.17) is 21.6 Å². The summed E-state index contributed by atoms with van der Waals surface area (Å²) in [6.07, 6.45) is 0. The van der Waals surface area contributed by atoms with Crippen molar-refractivity contribution in [2.45, 2.75) is 0 Å². The zero-order valence-corrected chi connectivity index (χ0v) is 17.2. The molecule has 0 unspecified atom stereocenters. The number of thiazole rings is 1. The van der Waals surface area contributed by atoms with Crippen molar-refractivity contribution < 1.29 is 9.21 Å². The van der Waals surface area contributed by atoms with E-state index < -0.39 is 5.91 Å². The van der Waals surface area contributed by atoms with E-state index in [0.29, 0.717) is 5.58 Å². The Morgan fingerprint density at radius 1 is 0.967 bits per heavy atom. The van der Waals surface area contributed by atoms with Crippen LogP contribution in [0.15, 0.2) is 83.3 Å². The zero-order chi connectivity index (χ0) is 20.5. The number of aromatic nitrogens is 1. The van der Waals surface area contributed by atoms with E-state index in [-0.39, 0.29) is 10.9 Å². The number of carbonyl (C=O) groups excluding carboxylic acids is 1. The molecule has 5 nitrogen and oxygen atoms in total. The van der Waals surface area contributed by atoms with Crippen LogP contribution < -0.4 is 10.6 Å². The Morgan fingerprint density at radius 2 is 1.73 bits per heavy atom. The van der Waals surface area contributed by atoms with Crippen molar-refractivity contribution in [2.24, 2.45) is 0 Å². The van der Waals surface area contributed by atoms with Gasteiger partial charge in [0.2, 0.25) is 0 Å². The lowest BCUT2D eigenvalue weighted by Crippen LogP contribution is -2.34. The van der Waals surface area contributed by atoms with E-state index >= 15 is 0 Å². The first-order chi connectivity index (χ1) is 14.7. The quantitative estimate of drug-likeness (QED) is 0.353. The van der Waals surface area contributed by atoms with Gasteiger partial charge in [0, 0.05) is 10.9 Å². The second-order valence-corrected chi connectivity index (χ2v) is 8.03. The third-order valence-corrected chi connectivity index (χ3v) is 5.85. The molecular weight excluding hydrogens is 414 g/mol. The highest BCUT2D eigenvalue weighted by atomic mass is 32.1. The molecule has 0 bridgehead atoms. The van der Waals surface area contributed by atoms with Crippen molar-refractivity contribution in [1.82, 2.24) is 10.3 Å². The first-order valence-electron chi connectivity index (χ1n) is 9.23. The molecule has 0 aliphatic heterocycles. The van der Waals surface area contributed by atoms with Crippen molar-refractivity contribution in [3.63, 3.8) is 0 Å². The number of amides is 1. The molecule has 1 amide bonds. The average molecular weight is 430 g/mol. The van der Waals surface area contributed by atoms with E-state index in [2.05, 4.69) is 10.6 Å². The van der Waals surface area contributed by atoms with Crippen molar-refractivity contribution in [3.8, 4) is 10.6 Å². The van der Waals surface area contributed by atoms with Crippen LogP contribution in [0.2, 0.25) is 0 Å². The fraction of sp³-hybridized carbons (Fsp3) is 0. The molecule has 0 aliphatic rings. The average Bonchev–Trinajstić information content (AvgIpc) is 3.38. The summed E-state index contributed by atoms with van der Waals surface area (Å²) < 4.78 is 6.71. The fourth-order valence-corrected chi connectivity index (χ4v) is 4.39. The van der Waals surface area contributed by atoms with Crippen molar-refractivity contribution in [2.75, 3.05) is 5.32 Å². The van der Waals surface area contributed by atoms with Gasteiger partial charge in [0.25, 0.3) is 5.91 Å². The molecule has 2 heterocycles. The van der Waals surface area contributed by atoms with Crippen molar-refractivity contribution >= 4 is 61.4 Å². The molecule has 0 aliphatic carbocycles. The van der Waals surface area contributed by atoms with Crippen LogP contribution >= 0.6 is 23.6 Å². The molecule has 7 heteroatoms. The third-order valence-electron chi connectivity index (χ3n) is 4.58. The number of anilines is 1. The SMILES string of the molecule is O=C(NC(=S)Nc1ccccc1-c1nc2ccccc2s1)c1cc2ccccc2o1. The van der Waals surface area contributed by atoms with Crippen LogP contribution in [0, 0.1) is 0 Å². The highest BCUT2D eigenvalue weighted by Crippen LogP contribution is 2.34. The highest BCUT2D eigenvalue weighted by Gasteiger charge is 2.15. The lowest BCUT2D eigenvalue weighted by molar-refractivity contribution is 0.0953. The van der Waals surface area contributed by atoms with Gasteiger partial charge in [-0.3, -0.25) is 10.1 Å². The number of hydrogen-bond acceptors (Lipinski definition) is 5. The molecule has 2 N–H and O–H groups in total. The summed E-state index contributed by atoms with van der Waals surface area (Å²) in [7, 11) is 0. The Hall–Kier alpha value is -3.55. The second kappa shape index (κ2) is 7.70. The maximum absolute atomic E-state index is 12.5. The predicted octanol–water partition coefficient (Wildman–Crippen LogP) is 5.84. The third kappa shape index (κ3) is 3.56. The lowest BCUT2D eigenvalue weighted by Gasteiger charge is -2.11. The standard InChI is InChI=1S/C23H15N3O2S2/c27-21(19-13-14-7-1-5-11-18(14)28-19)26-23(29)25-16-9-3-2-8-15(16)22-24-17-10-4-6-12-20(17)30-22/h1-13H,(H2,25,26,27,29). The number of benzene rings is 3. The second-order valence-electron chi connectivity index (χ2n) is 6.59. The topological polar surface area (TPSA) is 67.2 Å². The minimum absolute atomic E-state index is 0.189. The Morgan fingerprint density at radius 3 is 2.60 bits per heavy atom. The normalized spacial score (nSPS) is 10.9. The van der Waals surface area contributed by atoms with Gasteiger partial charge in [-0.1, -0.05) is 42.5 Å². The van der Waals surface area contributed by atoms with Gasteiger partial charge >= 0.3 is 0 Å². The molecule has 2 aromatic heterocycles. The molecule has 0 radical (unpaired) electrons. The van der Waals surface area contributed by atoms with Crippen LogP contribution in [-0.2, 0) is 0 Å². The van der Waals surface area contributed by atoms with Gasteiger partial charge in [-0.25, -0.2) is 4.98 Å². The van der Waals surface area contributed by atoms with Gasteiger partial charge in [-0.05, 0) is 48.6 Å². The number of para-hydroxylation sites is 3. The van der Waals surface area contributed by atoms with Crippen LogP contribution in [0.5, 0.6) is 0 Å². The summed E-state index contributed by atoms with van der Waals surface area (Å²) in [5, 5.41) is 7.73. The Bertz CT molecular complexity index is 1340. The minimum atomic E-state index is -0.402. The fourth-order valence-electron chi connectivity index (χ4n) is 3.18. The van der Waals surface area contributed by atoms with Crippen LogP contribution in [0.4, 0.5) is 5.69 Å². The number of fused-ring (bicyclic) bond motifs is 2. The molecular formula is C23H15N3O2S2. The summed E-state index contributed by atoms with van der Waals surface area (Å²) in [6.45, 7) is 0. The Labute approximate surface area is 181 Å². The summed E-state index contributed by atoms with van der Waals surface area (Å²) in [4.78, 5) is 17.3. The van der Waals surface area contributed by atoms with E-state index in [9.17, 15) is 4.79 Å². The van der Waals surface area contributed by atoms with Crippen molar-refractivity contribution in [1.29, 1.82) is 0 Å². The van der Waals surface area contributed by atoms with Crippen LogP contribution in [0.25, 0.3) is 31.8 Å². The number of furan rings is 1. The van der Waals surface area contributed by atoms with E-state index in [1.54, 1.807) is 17.4 Å². The summed E-state index contributed by atoms with van der Waals surface area (Å²) >= 11 is 6.97. The number of hydrogen-bond donors (Lipinski definition) is 2. The van der Waals surface area contributed by atoms with Gasteiger partial charge in [0.15, 0.2) is 10.9 Å². The largest absolute Gasteiger partial charge is 0.451 e. The van der Waals surface area contributed by atoms with E-state index in [1.807, 2.05) is 72.8 Å². The first kappa shape index (κ1) is 18.5. The molecule has 5 aromatic rings. The van der Waals surface area contributed by atoms with Gasteiger partial charge in [-0.2, -0.15) is 0 Å². The molecule has 0 fully saturated rings. The summed E-state index contributed by atoms with van der Waals surface area (Å²) in [5.74, 6) is -0.194. The molecule has 5 rings (SSSR count). The van der Waals surface area contributed by atoms with Crippen LogP contribution in [0.3, 0.4) is 0 Å². The van der Waals surface area contributed by atoms with Crippen LogP contribution in [-0.4, -0.2) is 16.0 Å². The predicted molar refractivity (Wildman–Crippen MR) is 125 cm³/mol. The zero-order valence-electron chi connectivity index (χ0n) is 15.6. The Kier molecular flexibility index (Phi) is 4.74. The number of carbonyl (C=O) groups is 1. The minimum Gasteiger partial charge on any atom is -0.451 e. The van der Waals surface area contributed by atoms with E-state index in [0.717, 1.165) is 31.9 Å². The number of rotatable bonds is 3. The molecule has 0 saturated heterocycles. The summed E-state index contributed by atoms with van der Waals surface area (Å²) in [5.41, 5.74) is 3.29. The summed E-state index contributed by atoms with van der Waals surface area (Å²) in [6, 6.07) is 24.9. The van der Waals surface area contributed by atoms with Crippen molar-refractivity contribution in [3.05, 3.63) is 84.6 Å². The molecule has 0 saturated carbocycles. The van der Waals surface area contributed by atoms with Crippen LogP contribution in [0.1, 0.15) is 10.6 Å². The number of nitrogens with zero attached hydrogens (tertiary/aromatic N) is 1. The highest BCUT2D eigenvalue weighted by molar-refractivity contribution is 7.80. The van der Waals surface area contributed by atoms with Gasteiger partial charge < -0.3 is 9.73 Å². The first-order valence-corrected chi connectivity index (χ1v) is 10.5.